The Hall–Kier alpha value is -2.60. The molecule has 31 heavy (non-hydrogen) atoms. The highest BCUT2D eigenvalue weighted by Crippen LogP contribution is 2.23. The topological polar surface area (TPSA) is 58.6 Å². The van der Waals surface area contributed by atoms with Crippen LogP contribution in [0.5, 0.6) is 5.75 Å². The molecule has 1 unspecified atom stereocenters. The Labute approximate surface area is 188 Å². The van der Waals surface area contributed by atoms with Crippen molar-refractivity contribution < 1.29 is 18.7 Å². The highest BCUT2D eigenvalue weighted by atomic mass is 35.5. The van der Waals surface area contributed by atoms with Crippen LogP contribution in [0.3, 0.4) is 0 Å². The first-order valence-electron chi connectivity index (χ1n) is 10.5. The largest absolute Gasteiger partial charge is 0.497 e. The summed E-state index contributed by atoms with van der Waals surface area (Å²) in [5.74, 6) is -0.468. The Bertz CT molecular complexity index is 871. The van der Waals surface area contributed by atoms with Crippen LogP contribution in [0.1, 0.15) is 44.2 Å². The standard InChI is InChI=1S/C24H30ClFN2O3/c1-4-6-13-27-24(30)22(5-2)28(16-17-9-7-10-18(14-17)31-3)23(29)15-19-20(25)11-8-12-21(19)26/h7-12,14,22H,4-6,13,15-16H2,1-3H3,(H,27,30). The quantitative estimate of drug-likeness (QED) is 0.504. The van der Waals surface area contributed by atoms with Crippen molar-refractivity contribution >= 4 is 23.4 Å². The van der Waals surface area contributed by atoms with Crippen molar-refractivity contribution in [3.8, 4) is 5.75 Å². The van der Waals surface area contributed by atoms with Gasteiger partial charge in [-0.3, -0.25) is 9.59 Å². The van der Waals surface area contributed by atoms with Crippen LogP contribution in [0, 0.1) is 5.82 Å². The minimum Gasteiger partial charge on any atom is -0.497 e. The predicted molar refractivity (Wildman–Crippen MR) is 121 cm³/mol. The van der Waals surface area contributed by atoms with Gasteiger partial charge in [0.25, 0.3) is 0 Å². The number of hydrogen-bond acceptors (Lipinski definition) is 3. The number of unbranched alkanes of at least 4 members (excludes halogenated alkanes) is 1. The van der Waals surface area contributed by atoms with Gasteiger partial charge in [-0.05, 0) is 42.7 Å². The van der Waals surface area contributed by atoms with E-state index < -0.39 is 11.9 Å². The van der Waals surface area contributed by atoms with E-state index in [1.807, 2.05) is 38.1 Å². The fourth-order valence-corrected chi connectivity index (χ4v) is 3.58. The van der Waals surface area contributed by atoms with Gasteiger partial charge in [0.2, 0.25) is 11.8 Å². The fourth-order valence-electron chi connectivity index (χ4n) is 3.35. The molecule has 0 fully saturated rings. The molecule has 0 bridgehead atoms. The molecule has 0 spiro atoms. The van der Waals surface area contributed by atoms with Gasteiger partial charge in [0.1, 0.15) is 17.6 Å². The minimum atomic E-state index is -0.680. The Morgan fingerprint density at radius 2 is 1.94 bits per heavy atom. The highest BCUT2D eigenvalue weighted by Gasteiger charge is 2.29. The number of halogens is 2. The molecule has 5 nitrogen and oxygen atoms in total. The van der Waals surface area contributed by atoms with E-state index >= 15 is 0 Å². The number of carbonyl (C=O) groups is 2. The van der Waals surface area contributed by atoms with Crippen LogP contribution < -0.4 is 10.1 Å². The normalized spacial score (nSPS) is 11.6. The molecule has 2 amide bonds. The van der Waals surface area contributed by atoms with Crippen LogP contribution in [0.15, 0.2) is 42.5 Å². The van der Waals surface area contributed by atoms with Gasteiger partial charge in [0.05, 0.1) is 13.5 Å². The molecule has 2 aromatic rings. The van der Waals surface area contributed by atoms with Crippen molar-refractivity contribution in [1.82, 2.24) is 10.2 Å². The van der Waals surface area contributed by atoms with E-state index in [4.69, 9.17) is 16.3 Å². The first-order chi connectivity index (χ1) is 14.9. The molecular weight excluding hydrogens is 419 g/mol. The van der Waals surface area contributed by atoms with Crippen molar-refractivity contribution in [2.24, 2.45) is 0 Å². The van der Waals surface area contributed by atoms with Crippen molar-refractivity contribution in [1.29, 1.82) is 0 Å². The summed E-state index contributed by atoms with van der Waals surface area (Å²) >= 11 is 6.13. The maximum Gasteiger partial charge on any atom is 0.242 e. The van der Waals surface area contributed by atoms with E-state index in [0.29, 0.717) is 18.7 Å². The third-order valence-corrected chi connectivity index (χ3v) is 5.45. The summed E-state index contributed by atoms with van der Waals surface area (Å²) < 4.78 is 19.6. The molecule has 1 N–H and O–H groups in total. The summed E-state index contributed by atoms with van der Waals surface area (Å²) in [4.78, 5) is 27.7. The number of benzene rings is 2. The average Bonchev–Trinajstić information content (AvgIpc) is 2.76. The molecule has 0 heterocycles. The number of nitrogens with zero attached hydrogens (tertiary/aromatic N) is 1. The van der Waals surface area contributed by atoms with Gasteiger partial charge in [-0.1, -0.05) is 50.1 Å². The number of ether oxygens (including phenoxy) is 1. The van der Waals surface area contributed by atoms with Crippen LogP contribution in [-0.4, -0.2) is 36.4 Å². The molecule has 168 valence electrons. The Morgan fingerprint density at radius 1 is 1.19 bits per heavy atom. The lowest BCUT2D eigenvalue weighted by atomic mass is 10.1. The molecule has 0 saturated heterocycles. The van der Waals surface area contributed by atoms with E-state index in [0.717, 1.165) is 18.4 Å². The van der Waals surface area contributed by atoms with E-state index in [2.05, 4.69) is 5.32 Å². The molecule has 0 aliphatic heterocycles. The Morgan fingerprint density at radius 3 is 2.58 bits per heavy atom. The zero-order valence-electron chi connectivity index (χ0n) is 18.3. The lowest BCUT2D eigenvalue weighted by Gasteiger charge is -2.31. The second kappa shape index (κ2) is 12.3. The van der Waals surface area contributed by atoms with Gasteiger partial charge in [0, 0.05) is 23.7 Å². The van der Waals surface area contributed by atoms with Gasteiger partial charge in [0.15, 0.2) is 0 Å². The summed E-state index contributed by atoms with van der Waals surface area (Å²) in [5.41, 5.74) is 0.943. The van der Waals surface area contributed by atoms with Crippen molar-refractivity contribution in [3.63, 3.8) is 0 Å². The number of nitrogens with one attached hydrogen (secondary N) is 1. The minimum absolute atomic E-state index is 0.131. The lowest BCUT2D eigenvalue weighted by molar-refractivity contribution is -0.141. The van der Waals surface area contributed by atoms with Crippen LogP contribution >= 0.6 is 11.6 Å². The molecule has 1 atom stereocenters. The van der Waals surface area contributed by atoms with Crippen LogP contribution in [0.25, 0.3) is 0 Å². The van der Waals surface area contributed by atoms with Gasteiger partial charge in [-0.15, -0.1) is 0 Å². The summed E-state index contributed by atoms with van der Waals surface area (Å²) in [5, 5.41) is 3.10. The van der Waals surface area contributed by atoms with Crippen molar-refractivity contribution in [3.05, 3.63) is 64.4 Å². The molecule has 0 saturated carbocycles. The van der Waals surface area contributed by atoms with Crippen molar-refractivity contribution in [2.45, 2.75) is 52.1 Å². The molecule has 7 heteroatoms. The molecule has 0 aromatic heterocycles. The van der Waals surface area contributed by atoms with E-state index in [-0.39, 0.29) is 35.4 Å². The summed E-state index contributed by atoms with van der Waals surface area (Å²) in [7, 11) is 1.57. The van der Waals surface area contributed by atoms with Crippen molar-refractivity contribution in [2.75, 3.05) is 13.7 Å². The number of hydrogen-bond donors (Lipinski definition) is 1. The fraction of sp³-hybridized carbons (Fsp3) is 0.417. The van der Waals surface area contributed by atoms with Crippen LogP contribution in [-0.2, 0) is 22.6 Å². The number of carbonyl (C=O) groups excluding carboxylic acids is 2. The molecule has 0 radical (unpaired) electrons. The Kier molecular flexibility index (Phi) is 9.79. The molecule has 2 aromatic carbocycles. The van der Waals surface area contributed by atoms with Gasteiger partial charge >= 0.3 is 0 Å². The SMILES string of the molecule is CCCCNC(=O)C(CC)N(Cc1cccc(OC)c1)C(=O)Cc1c(F)cccc1Cl. The first kappa shape index (κ1) is 24.7. The summed E-state index contributed by atoms with van der Waals surface area (Å²) in [6, 6.07) is 11.0. The monoisotopic (exact) mass is 448 g/mol. The second-order valence-corrected chi connectivity index (χ2v) is 7.73. The van der Waals surface area contributed by atoms with E-state index in [1.54, 1.807) is 13.2 Å². The molecular formula is C24H30ClFN2O3. The third-order valence-electron chi connectivity index (χ3n) is 5.09. The lowest BCUT2D eigenvalue weighted by Crippen LogP contribution is -2.49. The molecule has 0 aliphatic carbocycles. The zero-order valence-corrected chi connectivity index (χ0v) is 19.0. The number of amides is 2. The van der Waals surface area contributed by atoms with Crippen LogP contribution in [0.2, 0.25) is 5.02 Å². The zero-order chi connectivity index (χ0) is 22.8. The smallest absolute Gasteiger partial charge is 0.242 e. The van der Waals surface area contributed by atoms with Crippen LogP contribution in [0.4, 0.5) is 4.39 Å². The van der Waals surface area contributed by atoms with Gasteiger partial charge in [-0.2, -0.15) is 0 Å². The maximum atomic E-state index is 14.3. The van der Waals surface area contributed by atoms with E-state index in [9.17, 15) is 14.0 Å². The number of rotatable bonds is 11. The van der Waals surface area contributed by atoms with Gasteiger partial charge < -0.3 is 15.0 Å². The van der Waals surface area contributed by atoms with Gasteiger partial charge in [-0.25, -0.2) is 4.39 Å². The first-order valence-corrected chi connectivity index (χ1v) is 10.9. The third kappa shape index (κ3) is 6.96. The maximum absolute atomic E-state index is 14.3. The average molecular weight is 449 g/mol. The summed E-state index contributed by atoms with van der Waals surface area (Å²) in [6.45, 7) is 4.64. The van der Waals surface area contributed by atoms with E-state index in [1.165, 1.54) is 17.0 Å². The second-order valence-electron chi connectivity index (χ2n) is 7.32. The molecule has 2 rings (SSSR count). The Balaban J connectivity index is 2.32. The number of methoxy groups -OCH3 is 1. The highest BCUT2D eigenvalue weighted by molar-refractivity contribution is 6.31. The predicted octanol–water partition coefficient (Wildman–Crippen LogP) is 4.75. The summed E-state index contributed by atoms with van der Waals surface area (Å²) in [6.07, 6.45) is 2.01. The molecule has 0 aliphatic rings.